The molecule has 0 atom stereocenters. The van der Waals surface area contributed by atoms with E-state index in [9.17, 15) is 4.79 Å². The first-order chi connectivity index (χ1) is 8.77. The van der Waals surface area contributed by atoms with Crippen molar-refractivity contribution in [2.75, 3.05) is 6.61 Å². The average Bonchev–Trinajstić information content (AvgIpc) is 2.51. The van der Waals surface area contributed by atoms with Gasteiger partial charge in [-0.1, -0.05) is 0 Å². The summed E-state index contributed by atoms with van der Waals surface area (Å²) in [4.78, 5) is 11.9. The fraction of sp³-hybridized carbons (Fsp3) is 0.615. The maximum absolute atomic E-state index is 11.9. The van der Waals surface area contributed by atoms with E-state index in [4.69, 9.17) is 14.4 Å². The highest BCUT2D eigenvalue weighted by Crippen LogP contribution is 2.36. The second kappa shape index (κ2) is 4.78. The summed E-state index contributed by atoms with van der Waals surface area (Å²) in [5, 5.41) is 8.85. The molecule has 2 rings (SSSR count). The van der Waals surface area contributed by atoms with Gasteiger partial charge in [-0.25, -0.2) is 0 Å². The van der Waals surface area contributed by atoms with Gasteiger partial charge in [0.25, 0.3) is 0 Å². The van der Waals surface area contributed by atoms with Crippen molar-refractivity contribution in [3.05, 3.63) is 28.7 Å². The van der Waals surface area contributed by atoms with Gasteiger partial charge in [0, 0.05) is 18.8 Å². The fourth-order valence-corrected chi connectivity index (χ4v) is 1.94. The van der Waals surface area contributed by atoms with Crippen LogP contribution in [-0.4, -0.2) is 34.6 Å². The minimum absolute atomic E-state index is 0.0598. The molecule has 0 saturated carbocycles. The quantitative estimate of drug-likeness (QED) is 0.790. The van der Waals surface area contributed by atoms with E-state index in [0.717, 1.165) is 0 Å². The van der Waals surface area contributed by atoms with E-state index in [1.165, 1.54) is 10.6 Å². The Balaban J connectivity index is 2.26. The monoisotopic (exact) mass is 265 g/mol. The number of pyridine rings is 1. The van der Waals surface area contributed by atoms with Crippen molar-refractivity contribution >= 4 is 12.6 Å². The van der Waals surface area contributed by atoms with Gasteiger partial charge >= 0.3 is 7.12 Å². The van der Waals surface area contributed by atoms with Gasteiger partial charge in [0.1, 0.15) is 0 Å². The smallest absolute Gasteiger partial charge is 0.399 e. The van der Waals surface area contributed by atoms with Crippen molar-refractivity contribution in [3.8, 4) is 0 Å². The summed E-state index contributed by atoms with van der Waals surface area (Å²) < 4.78 is 13.2. The van der Waals surface area contributed by atoms with Crippen molar-refractivity contribution in [2.24, 2.45) is 0 Å². The number of rotatable bonds is 3. The Bertz CT molecular complexity index is 508. The van der Waals surface area contributed by atoms with E-state index in [1.54, 1.807) is 12.3 Å². The van der Waals surface area contributed by atoms with Crippen LogP contribution in [0, 0.1) is 0 Å². The largest absolute Gasteiger partial charge is 0.495 e. The molecule has 5 nitrogen and oxygen atoms in total. The van der Waals surface area contributed by atoms with Gasteiger partial charge in [-0.2, -0.15) is 0 Å². The molecule has 0 aromatic carbocycles. The molecule has 104 valence electrons. The molecule has 19 heavy (non-hydrogen) atoms. The summed E-state index contributed by atoms with van der Waals surface area (Å²) in [6.45, 7) is 8.12. The Morgan fingerprint density at radius 1 is 1.26 bits per heavy atom. The summed E-state index contributed by atoms with van der Waals surface area (Å²) in [5.41, 5.74) is -0.297. The number of aliphatic hydroxyl groups is 1. The highest BCUT2D eigenvalue weighted by Gasteiger charge is 2.51. The zero-order chi connectivity index (χ0) is 14.3. The minimum Gasteiger partial charge on any atom is -0.399 e. The van der Waals surface area contributed by atoms with Gasteiger partial charge in [0.05, 0.1) is 17.8 Å². The first-order valence-electron chi connectivity index (χ1n) is 6.44. The maximum Gasteiger partial charge on any atom is 0.495 e. The highest BCUT2D eigenvalue weighted by molar-refractivity contribution is 6.62. The normalized spacial score (nSPS) is 20.8. The highest BCUT2D eigenvalue weighted by atomic mass is 16.7. The number of aromatic nitrogens is 1. The Labute approximate surface area is 113 Å². The topological polar surface area (TPSA) is 60.7 Å². The number of nitrogens with zero attached hydrogens (tertiary/aromatic N) is 1. The van der Waals surface area contributed by atoms with E-state index < -0.39 is 18.3 Å². The molecule has 1 aromatic rings. The van der Waals surface area contributed by atoms with Crippen LogP contribution in [0.25, 0.3) is 0 Å². The molecule has 0 aliphatic carbocycles. The van der Waals surface area contributed by atoms with Crippen molar-refractivity contribution < 1.29 is 14.4 Å². The Morgan fingerprint density at radius 3 is 2.32 bits per heavy atom. The second-order valence-electron chi connectivity index (χ2n) is 5.80. The SMILES string of the molecule is CC1(C)OB(c2ccn(CCO)c(=O)c2)OC1(C)C. The lowest BCUT2D eigenvalue weighted by Gasteiger charge is -2.32. The molecule has 1 saturated heterocycles. The van der Waals surface area contributed by atoms with E-state index in [0.29, 0.717) is 12.0 Å². The molecule has 2 heterocycles. The van der Waals surface area contributed by atoms with Crippen LogP contribution >= 0.6 is 0 Å². The van der Waals surface area contributed by atoms with Crippen molar-refractivity contribution in [3.63, 3.8) is 0 Å². The van der Waals surface area contributed by atoms with Gasteiger partial charge in [-0.15, -0.1) is 0 Å². The molecule has 1 aliphatic rings. The predicted molar refractivity (Wildman–Crippen MR) is 73.5 cm³/mol. The molecule has 0 unspecified atom stereocenters. The van der Waals surface area contributed by atoms with Crippen molar-refractivity contribution in [1.82, 2.24) is 4.57 Å². The molecule has 1 aromatic heterocycles. The third-order valence-corrected chi connectivity index (χ3v) is 3.89. The maximum atomic E-state index is 11.9. The van der Waals surface area contributed by atoms with Gasteiger partial charge in [-0.3, -0.25) is 4.79 Å². The van der Waals surface area contributed by atoms with Crippen molar-refractivity contribution in [2.45, 2.75) is 45.4 Å². The lowest BCUT2D eigenvalue weighted by Crippen LogP contribution is -2.41. The Hall–Kier alpha value is -1.11. The van der Waals surface area contributed by atoms with Crippen LogP contribution in [-0.2, 0) is 15.9 Å². The first-order valence-corrected chi connectivity index (χ1v) is 6.44. The summed E-state index contributed by atoms with van der Waals surface area (Å²) in [7, 11) is -0.526. The van der Waals surface area contributed by atoms with Crippen LogP contribution in [0.3, 0.4) is 0 Å². The molecule has 6 heteroatoms. The molecule has 0 spiro atoms. The van der Waals surface area contributed by atoms with Gasteiger partial charge in [0.15, 0.2) is 0 Å². The fourth-order valence-electron chi connectivity index (χ4n) is 1.94. The standard InChI is InChI=1S/C13H20BNO4/c1-12(2)13(3,4)19-14(18-12)10-5-6-15(7-8-16)11(17)9-10/h5-6,9,16H,7-8H2,1-4H3. The van der Waals surface area contributed by atoms with Crippen LogP contribution in [0.15, 0.2) is 23.1 Å². The second-order valence-corrected chi connectivity index (χ2v) is 5.80. The van der Waals surface area contributed by atoms with E-state index in [-0.39, 0.29) is 12.2 Å². The number of aliphatic hydroxyl groups excluding tert-OH is 1. The summed E-state index contributed by atoms with van der Waals surface area (Å²) in [6.07, 6.45) is 1.65. The van der Waals surface area contributed by atoms with Crippen LogP contribution < -0.4 is 11.0 Å². The summed E-state index contributed by atoms with van der Waals surface area (Å²) in [5.74, 6) is 0. The van der Waals surface area contributed by atoms with Crippen LogP contribution in [0.2, 0.25) is 0 Å². The zero-order valence-electron chi connectivity index (χ0n) is 11.8. The Morgan fingerprint density at radius 2 is 1.84 bits per heavy atom. The predicted octanol–water partition coefficient (Wildman–Crippen LogP) is 0.140. The van der Waals surface area contributed by atoms with Gasteiger partial charge < -0.3 is 19.0 Å². The van der Waals surface area contributed by atoms with Gasteiger partial charge in [0.2, 0.25) is 5.56 Å². The molecule has 1 aliphatic heterocycles. The van der Waals surface area contributed by atoms with Gasteiger partial charge in [-0.05, 0) is 39.2 Å². The van der Waals surface area contributed by atoms with Crippen molar-refractivity contribution in [1.29, 1.82) is 0 Å². The molecule has 0 bridgehead atoms. The summed E-state index contributed by atoms with van der Waals surface area (Å²) >= 11 is 0. The molecule has 0 amide bonds. The zero-order valence-corrected chi connectivity index (χ0v) is 11.8. The molecular formula is C13H20BNO4. The van der Waals surface area contributed by atoms with Crippen LogP contribution in [0.5, 0.6) is 0 Å². The molecular weight excluding hydrogens is 245 g/mol. The van der Waals surface area contributed by atoms with E-state index in [2.05, 4.69) is 0 Å². The number of hydrogen-bond acceptors (Lipinski definition) is 4. The molecule has 0 radical (unpaired) electrons. The third kappa shape index (κ3) is 2.61. The minimum atomic E-state index is -0.526. The first kappa shape index (κ1) is 14.3. The lowest BCUT2D eigenvalue weighted by atomic mass is 9.80. The number of hydrogen-bond donors (Lipinski definition) is 1. The summed E-state index contributed by atoms with van der Waals surface area (Å²) in [6, 6.07) is 3.29. The average molecular weight is 265 g/mol. The third-order valence-electron chi connectivity index (χ3n) is 3.89. The molecule has 1 N–H and O–H groups in total. The van der Waals surface area contributed by atoms with E-state index >= 15 is 0 Å². The van der Waals surface area contributed by atoms with Crippen LogP contribution in [0.1, 0.15) is 27.7 Å². The van der Waals surface area contributed by atoms with Crippen LogP contribution in [0.4, 0.5) is 0 Å². The van der Waals surface area contributed by atoms with E-state index in [1.807, 2.05) is 27.7 Å². The molecule has 1 fully saturated rings. The lowest BCUT2D eigenvalue weighted by molar-refractivity contribution is 0.00578. The Kier molecular flexibility index (Phi) is 3.60.